The van der Waals surface area contributed by atoms with Crippen LogP contribution < -0.4 is 4.90 Å². The van der Waals surface area contributed by atoms with Gasteiger partial charge in [0.05, 0.1) is 25.7 Å². The highest BCUT2D eigenvalue weighted by atomic mass is 35.5. The first-order valence-electron chi connectivity index (χ1n) is 8.23. The molecule has 0 saturated heterocycles. The van der Waals surface area contributed by atoms with Crippen LogP contribution in [0.1, 0.15) is 10.4 Å². The Morgan fingerprint density at radius 1 is 1.25 bits per heavy atom. The first-order chi connectivity index (χ1) is 13.3. The number of non-ortho nitro benzene ring substituents is 1. The molecule has 0 aliphatic carbocycles. The minimum absolute atomic E-state index is 0.0139. The summed E-state index contributed by atoms with van der Waals surface area (Å²) < 4.78 is 14.1. The van der Waals surface area contributed by atoms with Crippen molar-refractivity contribution >= 4 is 49.9 Å². The second-order valence-electron chi connectivity index (χ2n) is 6.29. The average molecular weight is 423 g/mol. The molecule has 10 heteroatoms. The number of anilines is 1. The Bertz CT molecular complexity index is 1060. The Kier molecular flexibility index (Phi) is 5.87. The summed E-state index contributed by atoms with van der Waals surface area (Å²) in [5.74, 6) is -0.898. The van der Waals surface area contributed by atoms with Crippen molar-refractivity contribution in [3.63, 3.8) is 0 Å². The summed E-state index contributed by atoms with van der Waals surface area (Å²) in [6, 6.07) is 7.91. The van der Waals surface area contributed by atoms with Gasteiger partial charge >= 0.3 is 0 Å². The van der Waals surface area contributed by atoms with Gasteiger partial charge in [-0.1, -0.05) is 22.9 Å². The maximum Gasteiger partial charge on any atom is 0.270 e. The van der Waals surface area contributed by atoms with E-state index in [-0.39, 0.29) is 22.8 Å². The Labute approximate surface area is 169 Å². The van der Waals surface area contributed by atoms with Crippen LogP contribution in [0.5, 0.6) is 0 Å². The van der Waals surface area contributed by atoms with Crippen LogP contribution in [-0.2, 0) is 0 Å². The molecule has 3 aromatic rings. The molecule has 0 saturated carbocycles. The minimum atomic E-state index is -0.586. The van der Waals surface area contributed by atoms with Crippen LogP contribution in [0.2, 0.25) is 5.02 Å². The van der Waals surface area contributed by atoms with Crippen molar-refractivity contribution in [1.82, 2.24) is 9.88 Å². The van der Waals surface area contributed by atoms with E-state index in [0.29, 0.717) is 21.9 Å². The molecule has 1 aromatic heterocycles. The molecule has 146 valence electrons. The highest BCUT2D eigenvalue weighted by Gasteiger charge is 2.25. The third kappa shape index (κ3) is 4.27. The second kappa shape index (κ2) is 8.17. The van der Waals surface area contributed by atoms with Crippen molar-refractivity contribution in [1.29, 1.82) is 0 Å². The van der Waals surface area contributed by atoms with Gasteiger partial charge in [0.1, 0.15) is 5.82 Å². The number of rotatable bonds is 6. The van der Waals surface area contributed by atoms with Gasteiger partial charge in [-0.05, 0) is 38.4 Å². The normalized spacial score (nSPS) is 11.2. The summed E-state index contributed by atoms with van der Waals surface area (Å²) in [5.41, 5.74) is 0.348. The Morgan fingerprint density at radius 2 is 2.00 bits per heavy atom. The van der Waals surface area contributed by atoms with Gasteiger partial charge in [-0.2, -0.15) is 0 Å². The van der Waals surface area contributed by atoms with Crippen molar-refractivity contribution in [2.75, 3.05) is 32.1 Å². The van der Waals surface area contributed by atoms with Crippen LogP contribution in [0.3, 0.4) is 0 Å². The Morgan fingerprint density at radius 3 is 2.68 bits per heavy atom. The summed E-state index contributed by atoms with van der Waals surface area (Å²) in [6.07, 6.45) is 0. The molecule has 0 bridgehead atoms. The van der Waals surface area contributed by atoms with Crippen LogP contribution in [-0.4, -0.2) is 47.9 Å². The predicted molar refractivity (Wildman–Crippen MR) is 108 cm³/mol. The van der Waals surface area contributed by atoms with Gasteiger partial charge in [-0.15, -0.1) is 0 Å². The molecule has 3 rings (SSSR count). The van der Waals surface area contributed by atoms with Gasteiger partial charge in [0.25, 0.3) is 11.6 Å². The van der Waals surface area contributed by atoms with E-state index in [0.717, 1.165) is 6.07 Å². The fourth-order valence-corrected chi connectivity index (χ4v) is 3.74. The molecular weight excluding hydrogens is 407 g/mol. The zero-order valence-electron chi connectivity index (χ0n) is 15.1. The fraction of sp³-hybridized carbons (Fsp3) is 0.222. The molecule has 0 N–H and O–H groups in total. The lowest BCUT2D eigenvalue weighted by molar-refractivity contribution is -0.384. The van der Waals surface area contributed by atoms with Crippen molar-refractivity contribution in [3.8, 4) is 0 Å². The number of benzene rings is 2. The quantitative estimate of drug-likeness (QED) is 0.439. The van der Waals surface area contributed by atoms with Crippen molar-refractivity contribution in [2.45, 2.75) is 0 Å². The molecule has 0 aliphatic heterocycles. The third-order valence-electron chi connectivity index (χ3n) is 3.98. The standard InChI is InChI=1S/C18H16ClFN4O3S/c1-22(2)7-8-23(18-21-15-6-3-11(20)9-16(15)28-18)17(25)13-10-12(24(26)27)4-5-14(13)19/h3-6,9-10H,7-8H2,1-2H3. The number of hydrogen-bond acceptors (Lipinski definition) is 6. The zero-order chi connectivity index (χ0) is 20.4. The SMILES string of the molecule is CN(C)CCN(C(=O)c1cc([N+](=O)[O-])ccc1Cl)c1nc2ccc(F)cc2s1. The smallest absolute Gasteiger partial charge is 0.270 e. The number of aromatic nitrogens is 1. The molecule has 0 aliphatic rings. The van der Waals surface area contributed by atoms with Crippen molar-refractivity contribution in [2.24, 2.45) is 0 Å². The number of nitrogens with zero attached hydrogens (tertiary/aromatic N) is 4. The largest absolute Gasteiger partial charge is 0.308 e. The Balaban J connectivity index is 2.05. The molecule has 0 spiro atoms. The van der Waals surface area contributed by atoms with E-state index >= 15 is 0 Å². The molecular formula is C18H16ClFN4O3S. The van der Waals surface area contributed by atoms with Crippen LogP contribution in [0.4, 0.5) is 15.2 Å². The van der Waals surface area contributed by atoms with Gasteiger partial charge < -0.3 is 4.90 Å². The predicted octanol–water partition coefficient (Wildman–Crippen LogP) is 4.21. The molecule has 0 fully saturated rings. The van der Waals surface area contributed by atoms with Gasteiger partial charge in [0.2, 0.25) is 0 Å². The fourth-order valence-electron chi connectivity index (χ4n) is 2.52. The highest BCUT2D eigenvalue weighted by Crippen LogP contribution is 2.32. The van der Waals surface area contributed by atoms with Gasteiger partial charge in [-0.3, -0.25) is 19.8 Å². The van der Waals surface area contributed by atoms with E-state index in [1.54, 1.807) is 6.07 Å². The maximum atomic E-state index is 13.5. The number of likely N-dealkylation sites (N-methyl/N-ethyl adjacent to an activating group) is 1. The second-order valence-corrected chi connectivity index (χ2v) is 7.71. The van der Waals surface area contributed by atoms with Gasteiger partial charge in [0, 0.05) is 25.2 Å². The number of carbonyl (C=O) groups is 1. The molecule has 1 heterocycles. The van der Waals surface area contributed by atoms with Crippen LogP contribution >= 0.6 is 22.9 Å². The number of nitro benzene ring substituents is 1. The molecule has 28 heavy (non-hydrogen) atoms. The number of amides is 1. The third-order valence-corrected chi connectivity index (χ3v) is 5.35. The van der Waals surface area contributed by atoms with E-state index in [1.165, 1.54) is 40.5 Å². The molecule has 7 nitrogen and oxygen atoms in total. The van der Waals surface area contributed by atoms with Crippen LogP contribution in [0, 0.1) is 15.9 Å². The monoisotopic (exact) mass is 422 g/mol. The summed E-state index contributed by atoms with van der Waals surface area (Å²) in [5, 5.41) is 11.6. The van der Waals surface area contributed by atoms with E-state index in [2.05, 4.69) is 4.98 Å². The maximum absolute atomic E-state index is 13.5. The van der Waals surface area contributed by atoms with E-state index in [4.69, 9.17) is 11.6 Å². The number of halogens is 2. The van der Waals surface area contributed by atoms with Crippen molar-refractivity contribution < 1.29 is 14.1 Å². The topological polar surface area (TPSA) is 79.6 Å². The number of nitro groups is 1. The van der Waals surface area contributed by atoms with Crippen LogP contribution in [0.25, 0.3) is 10.2 Å². The molecule has 0 atom stereocenters. The van der Waals surface area contributed by atoms with E-state index < -0.39 is 16.6 Å². The molecule has 0 radical (unpaired) electrons. The first kappa shape index (κ1) is 20.1. The average Bonchev–Trinajstić information content (AvgIpc) is 3.04. The lowest BCUT2D eigenvalue weighted by Gasteiger charge is -2.22. The van der Waals surface area contributed by atoms with Crippen molar-refractivity contribution in [3.05, 3.63) is 62.9 Å². The van der Waals surface area contributed by atoms with Gasteiger partial charge in [0.15, 0.2) is 5.13 Å². The highest BCUT2D eigenvalue weighted by molar-refractivity contribution is 7.22. The molecule has 2 aromatic carbocycles. The number of carbonyl (C=O) groups excluding carboxylic acids is 1. The van der Waals surface area contributed by atoms with E-state index in [1.807, 2.05) is 19.0 Å². The summed E-state index contributed by atoms with van der Waals surface area (Å²) in [6.45, 7) is 0.815. The summed E-state index contributed by atoms with van der Waals surface area (Å²) in [4.78, 5) is 31.4. The minimum Gasteiger partial charge on any atom is -0.308 e. The summed E-state index contributed by atoms with van der Waals surface area (Å²) >= 11 is 7.31. The first-order valence-corrected chi connectivity index (χ1v) is 9.42. The van der Waals surface area contributed by atoms with Gasteiger partial charge in [-0.25, -0.2) is 9.37 Å². The van der Waals surface area contributed by atoms with E-state index in [9.17, 15) is 19.3 Å². The lowest BCUT2D eigenvalue weighted by atomic mass is 10.1. The molecule has 0 unspecified atom stereocenters. The Hall–Kier alpha value is -2.62. The van der Waals surface area contributed by atoms with Crippen LogP contribution in [0.15, 0.2) is 36.4 Å². The number of thiazole rings is 1. The number of hydrogen-bond donors (Lipinski definition) is 0. The molecule has 1 amide bonds. The zero-order valence-corrected chi connectivity index (χ0v) is 16.6. The summed E-state index contributed by atoms with van der Waals surface area (Å²) in [7, 11) is 3.72. The number of fused-ring (bicyclic) bond motifs is 1. The lowest BCUT2D eigenvalue weighted by Crippen LogP contribution is -2.37.